The lowest BCUT2D eigenvalue weighted by Crippen LogP contribution is -2.46. The minimum absolute atomic E-state index is 0.119. The molecule has 2 unspecified atom stereocenters. The summed E-state index contributed by atoms with van der Waals surface area (Å²) in [6.07, 6.45) is 3.20. The molecule has 1 aliphatic rings. The van der Waals surface area contributed by atoms with Crippen LogP contribution in [0.15, 0.2) is 18.2 Å². The number of aryl methyl sites for hydroxylation is 1. The van der Waals surface area contributed by atoms with Crippen molar-refractivity contribution in [3.63, 3.8) is 0 Å². The van der Waals surface area contributed by atoms with Crippen molar-refractivity contribution in [3.05, 3.63) is 23.8 Å². The molecule has 1 aliphatic heterocycles. The third-order valence-electron chi connectivity index (χ3n) is 4.08. The van der Waals surface area contributed by atoms with E-state index in [2.05, 4.69) is 17.6 Å². The normalized spacial score (nSPS) is 21.2. The Morgan fingerprint density at radius 1 is 1.32 bits per heavy atom. The molecule has 0 saturated carbocycles. The maximum atomic E-state index is 12.1. The molecular formula is C17H26N2O3. The van der Waals surface area contributed by atoms with Crippen molar-refractivity contribution in [2.75, 3.05) is 20.8 Å². The second-order valence-electron chi connectivity index (χ2n) is 5.83. The number of methoxy groups -OCH3 is 2. The molecule has 1 aromatic rings. The van der Waals surface area contributed by atoms with E-state index in [0.717, 1.165) is 24.9 Å². The van der Waals surface area contributed by atoms with Crippen LogP contribution in [0.5, 0.6) is 11.5 Å². The molecule has 1 heterocycles. The summed E-state index contributed by atoms with van der Waals surface area (Å²) in [4.78, 5) is 12.1. The summed E-state index contributed by atoms with van der Waals surface area (Å²) in [5.74, 6) is 1.53. The Hall–Kier alpha value is -1.75. The number of hydrogen-bond donors (Lipinski definition) is 2. The molecule has 0 radical (unpaired) electrons. The number of carbonyl (C=O) groups is 1. The molecule has 5 heteroatoms. The fourth-order valence-electron chi connectivity index (χ4n) is 2.86. The van der Waals surface area contributed by atoms with Gasteiger partial charge in [0.05, 0.1) is 14.2 Å². The van der Waals surface area contributed by atoms with Crippen molar-refractivity contribution in [1.29, 1.82) is 0 Å². The first-order chi connectivity index (χ1) is 10.6. The Morgan fingerprint density at radius 3 is 2.77 bits per heavy atom. The average molecular weight is 306 g/mol. The van der Waals surface area contributed by atoms with E-state index >= 15 is 0 Å². The standard InChI is InChI=1S/C17H26N2O3/c1-12-10-14(8-9-18-12)19-17(20)7-5-13-4-6-15(21-2)16(11-13)22-3/h4,6,11-12,14,18H,5,7-10H2,1-3H3,(H,19,20). The van der Waals surface area contributed by atoms with E-state index in [4.69, 9.17) is 9.47 Å². The van der Waals surface area contributed by atoms with Crippen molar-refractivity contribution in [1.82, 2.24) is 10.6 Å². The topological polar surface area (TPSA) is 59.6 Å². The van der Waals surface area contributed by atoms with Gasteiger partial charge in [-0.05, 0) is 50.4 Å². The van der Waals surface area contributed by atoms with Crippen LogP contribution in [0.1, 0.15) is 31.7 Å². The zero-order valence-corrected chi connectivity index (χ0v) is 13.6. The molecule has 5 nitrogen and oxygen atoms in total. The Morgan fingerprint density at radius 2 is 2.09 bits per heavy atom. The van der Waals surface area contributed by atoms with E-state index < -0.39 is 0 Å². The first-order valence-electron chi connectivity index (χ1n) is 7.86. The Balaban J connectivity index is 1.83. The Kier molecular flexibility index (Phi) is 6.07. The number of piperidine rings is 1. The fraction of sp³-hybridized carbons (Fsp3) is 0.588. The zero-order valence-electron chi connectivity index (χ0n) is 13.6. The number of rotatable bonds is 6. The third-order valence-corrected chi connectivity index (χ3v) is 4.08. The van der Waals surface area contributed by atoms with E-state index in [1.54, 1.807) is 14.2 Å². The van der Waals surface area contributed by atoms with Crippen LogP contribution in [0.3, 0.4) is 0 Å². The van der Waals surface area contributed by atoms with Crippen LogP contribution in [0, 0.1) is 0 Å². The van der Waals surface area contributed by atoms with E-state index in [9.17, 15) is 4.79 Å². The van der Waals surface area contributed by atoms with Gasteiger partial charge < -0.3 is 20.1 Å². The summed E-state index contributed by atoms with van der Waals surface area (Å²) in [5, 5.41) is 6.53. The molecule has 122 valence electrons. The van der Waals surface area contributed by atoms with E-state index in [0.29, 0.717) is 36.4 Å². The van der Waals surface area contributed by atoms with Gasteiger partial charge in [0.15, 0.2) is 11.5 Å². The highest BCUT2D eigenvalue weighted by Crippen LogP contribution is 2.27. The molecule has 1 amide bonds. The SMILES string of the molecule is COc1ccc(CCC(=O)NC2CCNC(C)C2)cc1OC. The molecule has 2 N–H and O–H groups in total. The van der Waals surface area contributed by atoms with Crippen LogP contribution in [0.4, 0.5) is 0 Å². The Bertz CT molecular complexity index is 505. The molecule has 22 heavy (non-hydrogen) atoms. The third kappa shape index (κ3) is 4.63. The van der Waals surface area contributed by atoms with Crippen LogP contribution in [0.25, 0.3) is 0 Å². The average Bonchev–Trinajstić information content (AvgIpc) is 2.52. The lowest BCUT2D eigenvalue weighted by molar-refractivity contribution is -0.122. The maximum absolute atomic E-state index is 12.1. The van der Waals surface area contributed by atoms with Crippen molar-refractivity contribution >= 4 is 5.91 Å². The van der Waals surface area contributed by atoms with E-state index in [-0.39, 0.29) is 5.91 Å². The van der Waals surface area contributed by atoms with Gasteiger partial charge in [0.2, 0.25) is 5.91 Å². The fourth-order valence-corrected chi connectivity index (χ4v) is 2.86. The highest BCUT2D eigenvalue weighted by atomic mass is 16.5. The zero-order chi connectivity index (χ0) is 15.9. The molecule has 1 aromatic carbocycles. The highest BCUT2D eigenvalue weighted by Gasteiger charge is 2.19. The number of benzene rings is 1. The predicted molar refractivity (Wildman–Crippen MR) is 86.5 cm³/mol. The summed E-state index contributed by atoms with van der Waals surface area (Å²) >= 11 is 0. The molecule has 1 fully saturated rings. The molecule has 2 rings (SSSR count). The monoisotopic (exact) mass is 306 g/mol. The smallest absolute Gasteiger partial charge is 0.220 e. The van der Waals surface area contributed by atoms with Gasteiger partial charge in [-0.15, -0.1) is 0 Å². The summed E-state index contributed by atoms with van der Waals surface area (Å²) in [6, 6.07) is 6.56. The first-order valence-corrected chi connectivity index (χ1v) is 7.86. The lowest BCUT2D eigenvalue weighted by atomic mass is 10.0. The van der Waals surface area contributed by atoms with Crippen LogP contribution in [0.2, 0.25) is 0 Å². The Labute approximate surface area is 132 Å². The second-order valence-corrected chi connectivity index (χ2v) is 5.83. The van der Waals surface area contributed by atoms with E-state index in [1.807, 2.05) is 18.2 Å². The minimum Gasteiger partial charge on any atom is -0.493 e. The molecular weight excluding hydrogens is 280 g/mol. The lowest BCUT2D eigenvalue weighted by Gasteiger charge is -2.28. The number of hydrogen-bond acceptors (Lipinski definition) is 4. The van der Waals surface area contributed by atoms with Crippen molar-refractivity contribution < 1.29 is 14.3 Å². The van der Waals surface area contributed by atoms with E-state index in [1.165, 1.54) is 0 Å². The first kappa shape index (κ1) is 16.6. The highest BCUT2D eigenvalue weighted by molar-refractivity contribution is 5.76. The summed E-state index contributed by atoms with van der Waals surface area (Å²) in [7, 11) is 3.23. The van der Waals surface area contributed by atoms with Gasteiger partial charge in [0.25, 0.3) is 0 Å². The van der Waals surface area contributed by atoms with Crippen LogP contribution >= 0.6 is 0 Å². The van der Waals surface area contributed by atoms with Gasteiger partial charge >= 0.3 is 0 Å². The van der Waals surface area contributed by atoms with Gasteiger partial charge in [0, 0.05) is 18.5 Å². The van der Waals surface area contributed by atoms with Crippen molar-refractivity contribution in [2.45, 2.75) is 44.7 Å². The summed E-state index contributed by atoms with van der Waals surface area (Å²) < 4.78 is 10.5. The molecule has 0 bridgehead atoms. The van der Waals surface area contributed by atoms with Crippen LogP contribution < -0.4 is 20.1 Å². The molecule has 2 atom stereocenters. The van der Waals surface area contributed by atoms with Gasteiger partial charge in [-0.3, -0.25) is 4.79 Å². The molecule has 0 spiro atoms. The molecule has 0 aliphatic carbocycles. The predicted octanol–water partition coefficient (Wildman–Crippen LogP) is 1.89. The number of carbonyl (C=O) groups excluding carboxylic acids is 1. The largest absolute Gasteiger partial charge is 0.493 e. The van der Waals surface area contributed by atoms with Gasteiger partial charge in [0.1, 0.15) is 0 Å². The molecule has 1 saturated heterocycles. The number of ether oxygens (including phenoxy) is 2. The summed E-state index contributed by atoms with van der Waals surface area (Å²) in [6.45, 7) is 3.13. The maximum Gasteiger partial charge on any atom is 0.220 e. The quantitative estimate of drug-likeness (QED) is 0.843. The summed E-state index contributed by atoms with van der Waals surface area (Å²) in [5.41, 5.74) is 1.08. The minimum atomic E-state index is 0.119. The molecule has 0 aromatic heterocycles. The van der Waals surface area contributed by atoms with Gasteiger partial charge in [-0.25, -0.2) is 0 Å². The second kappa shape index (κ2) is 8.03. The van der Waals surface area contributed by atoms with Gasteiger partial charge in [-0.2, -0.15) is 0 Å². The van der Waals surface area contributed by atoms with Gasteiger partial charge in [-0.1, -0.05) is 6.07 Å². The van der Waals surface area contributed by atoms with Crippen LogP contribution in [-0.2, 0) is 11.2 Å². The van der Waals surface area contributed by atoms with Crippen molar-refractivity contribution in [3.8, 4) is 11.5 Å². The van der Waals surface area contributed by atoms with Crippen LogP contribution in [-0.4, -0.2) is 38.8 Å². The van der Waals surface area contributed by atoms with Crippen molar-refractivity contribution in [2.24, 2.45) is 0 Å². The number of amides is 1. The number of nitrogens with one attached hydrogen (secondary N) is 2.